The lowest BCUT2D eigenvalue weighted by atomic mass is 9.97. The predicted octanol–water partition coefficient (Wildman–Crippen LogP) is 7.95. The Balaban J connectivity index is 1.08. The molecule has 2 fully saturated rings. The summed E-state index contributed by atoms with van der Waals surface area (Å²) in [5.74, 6) is 0. The highest BCUT2D eigenvalue weighted by Gasteiger charge is 2.51. The van der Waals surface area contributed by atoms with E-state index in [-0.39, 0.29) is 46.2 Å². The number of ether oxygens (including phenoxy) is 9. The zero-order valence-electron chi connectivity index (χ0n) is 36.3. The summed E-state index contributed by atoms with van der Waals surface area (Å²) < 4.78 is 59.3. The molecule has 11 nitrogen and oxygen atoms in total. The van der Waals surface area contributed by atoms with Crippen molar-refractivity contribution in [1.29, 1.82) is 0 Å². The molecule has 0 amide bonds. The Labute approximate surface area is 381 Å². The second-order valence-corrected chi connectivity index (χ2v) is 16.2. The molecule has 2 N–H and O–H groups in total. The lowest BCUT2D eigenvalue weighted by Crippen LogP contribution is -2.63. The maximum atomic E-state index is 11.9. The fourth-order valence-corrected chi connectivity index (χ4v) is 8.03. The normalized spacial score (nSPS) is 25.6. The lowest BCUT2D eigenvalue weighted by molar-refractivity contribution is -0.346. The quantitative estimate of drug-likeness (QED) is 0.0691. The molecule has 0 aromatic heterocycles. The molecule has 0 unspecified atom stereocenters. The number of hydrogen-bond acceptors (Lipinski definition) is 11. The fourth-order valence-electron chi connectivity index (χ4n) is 8.03. The van der Waals surface area contributed by atoms with E-state index < -0.39 is 61.4 Å². The molecule has 8 rings (SSSR count). The van der Waals surface area contributed by atoms with Crippen molar-refractivity contribution in [3.63, 3.8) is 0 Å². The summed E-state index contributed by atoms with van der Waals surface area (Å²) in [6, 6.07) is 58.9. The van der Waals surface area contributed by atoms with Gasteiger partial charge in [0.25, 0.3) is 0 Å². The maximum absolute atomic E-state index is 11.9. The van der Waals surface area contributed by atoms with Gasteiger partial charge in [-0.05, 0) is 33.4 Å². The van der Waals surface area contributed by atoms with Gasteiger partial charge in [0.2, 0.25) is 0 Å². The van der Waals surface area contributed by atoms with Gasteiger partial charge >= 0.3 is 0 Å². The van der Waals surface area contributed by atoms with Crippen molar-refractivity contribution in [3.8, 4) is 0 Å². The van der Waals surface area contributed by atoms with Crippen LogP contribution >= 0.6 is 0 Å². The summed E-state index contributed by atoms with van der Waals surface area (Å²) in [6.45, 7) is 1.42. The topological polar surface area (TPSA) is 124 Å². The van der Waals surface area contributed by atoms with Gasteiger partial charge in [-0.2, -0.15) is 0 Å². The largest absolute Gasteiger partial charge is 0.387 e. The van der Waals surface area contributed by atoms with E-state index in [0.29, 0.717) is 6.61 Å². The van der Waals surface area contributed by atoms with E-state index in [1.54, 1.807) is 0 Å². The SMILES string of the molecule is O[C@@H]1[C@@H](OCc2ccccc2)[C@H](O)O[C@H](CO[C@@H]2O[C@H](COCc3ccccc3)[C@H](OCc3ccccc3)[C@H](OCc3ccccc3)[C@H]2OCc2ccccc2)[C@@H]1OCc1ccccc1. The van der Waals surface area contributed by atoms with Crippen LogP contribution in [0.15, 0.2) is 182 Å². The fraction of sp³-hybridized carbons (Fsp3) is 0.333. The van der Waals surface area contributed by atoms with E-state index in [0.717, 1.165) is 33.4 Å². The summed E-state index contributed by atoms with van der Waals surface area (Å²) in [5, 5.41) is 23.3. The summed E-state index contributed by atoms with van der Waals surface area (Å²) in [6.07, 6.45) is -9.78. The van der Waals surface area contributed by atoms with Crippen LogP contribution < -0.4 is 0 Å². The van der Waals surface area contributed by atoms with Gasteiger partial charge < -0.3 is 52.8 Å². The third-order valence-electron chi connectivity index (χ3n) is 11.5. The molecule has 65 heavy (non-hydrogen) atoms. The highest BCUT2D eigenvalue weighted by atomic mass is 16.7. The number of aliphatic hydroxyl groups excluding tert-OH is 2. The average Bonchev–Trinajstić information content (AvgIpc) is 3.35. The highest BCUT2D eigenvalue weighted by Crippen LogP contribution is 2.33. The Kier molecular flexibility index (Phi) is 17.4. The molecule has 11 heteroatoms. The van der Waals surface area contributed by atoms with Gasteiger partial charge in [-0.25, -0.2) is 0 Å². The van der Waals surface area contributed by atoms with Crippen molar-refractivity contribution in [1.82, 2.24) is 0 Å². The predicted molar refractivity (Wildman–Crippen MR) is 243 cm³/mol. The molecule has 340 valence electrons. The Bertz CT molecular complexity index is 2210. The molecule has 2 aliphatic rings. The van der Waals surface area contributed by atoms with E-state index >= 15 is 0 Å². The summed E-state index contributed by atoms with van der Waals surface area (Å²) in [5.41, 5.74) is 5.69. The number of aliphatic hydroxyl groups is 2. The van der Waals surface area contributed by atoms with Crippen molar-refractivity contribution in [2.75, 3.05) is 13.2 Å². The van der Waals surface area contributed by atoms with Crippen molar-refractivity contribution >= 4 is 0 Å². The maximum Gasteiger partial charge on any atom is 0.187 e. The first kappa shape index (κ1) is 46.4. The van der Waals surface area contributed by atoms with Gasteiger partial charge in [0.15, 0.2) is 12.6 Å². The smallest absolute Gasteiger partial charge is 0.187 e. The molecule has 2 saturated heterocycles. The zero-order valence-corrected chi connectivity index (χ0v) is 36.3. The second-order valence-electron chi connectivity index (χ2n) is 16.2. The molecule has 10 atom stereocenters. The first-order chi connectivity index (χ1) is 32.1. The monoisotopic (exact) mass is 882 g/mol. The molecule has 0 spiro atoms. The van der Waals surface area contributed by atoms with Crippen LogP contribution in [-0.4, -0.2) is 84.8 Å². The van der Waals surface area contributed by atoms with Crippen molar-refractivity contribution in [3.05, 3.63) is 215 Å². The number of rotatable bonds is 22. The summed E-state index contributed by atoms with van der Waals surface area (Å²) in [4.78, 5) is 0. The molecular weight excluding hydrogens is 825 g/mol. The van der Waals surface area contributed by atoms with Gasteiger partial charge in [-0.1, -0.05) is 182 Å². The Morgan fingerprint density at radius 1 is 0.323 bits per heavy atom. The molecule has 6 aromatic carbocycles. The Morgan fingerprint density at radius 3 is 1.09 bits per heavy atom. The molecular formula is C54H58O11. The van der Waals surface area contributed by atoms with Crippen LogP contribution in [0.3, 0.4) is 0 Å². The number of benzene rings is 6. The van der Waals surface area contributed by atoms with Gasteiger partial charge in [0, 0.05) is 0 Å². The van der Waals surface area contributed by atoms with Crippen molar-refractivity contribution in [2.45, 2.75) is 101 Å². The van der Waals surface area contributed by atoms with Crippen LogP contribution in [0.4, 0.5) is 0 Å². The molecule has 2 heterocycles. The minimum atomic E-state index is -1.49. The van der Waals surface area contributed by atoms with Crippen molar-refractivity contribution in [2.24, 2.45) is 0 Å². The minimum absolute atomic E-state index is 0.144. The van der Waals surface area contributed by atoms with E-state index in [1.807, 2.05) is 182 Å². The molecule has 0 radical (unpaired) electrons. The lowest BCUT2D eigenvalue weighted by Gasteiger charge is -2.47. The third kappa shape index (κ3) is 13.5. The number of hydrogen-bond donors (Lipinski definition) is 2. The molecule has 2 aliphatic heterocycles. The standard InChI is InChI=1S/C54H58O11/c55-47-48(58-32-40-21-9-2-10-22-40)46(64-53(56)50(47)60-34-42-25-13-4-14-26-42)38-63-54-52(62-36-44-29-17-6-18-30-44)51(61-35-43-27-15-5-16-28-43)49(59-33-41-23-11-3-12-24-41)45(65-54)37-57-31-39-19-7-1-8-20-39/h1-30,45-56H,31-38H2/t45-,46-,47+,48+,49+,50-,51+,52-,53-,54-/m1/s1. The molecule has 6 aromatic rings. The van der Waals surface area contributed by atoms with Crippen LogP contribution in [0.1, 0.15) is 33.4 Å². The Morgan fingerprint density at radius 2 is 0.662 bits per heavy atom. The van der Waals surface area contributed by atoms with Crippen LogP contribution in [0.5, 0.6) is 0 Å². The van der Waals surface area contributed by atoms with Gasteiger partial charge in [-0.15, -0.1) is 0 Å². The Hall–Kier alpha value is -5.12. The van der Waals surface area contributed by atoms with Gasteiger partial charge in [0.05, 0.1) is 52.9 Å². The summed E-state index contributed by atoms with van der Waals surface area (Å²) >= 11 is 0. The zero-order chi connectivity index (χ0) is 44.5. The third-order valence-corrected chi connectivity index (χ3v) is 11.5. The van der Waals surface area contributed by atoms with Crippen LogP contribution in [0.25, 0.3) is 0 Å². The van der Waals surface area contributed by atoms with E-state index in [1.165, 1.54) is 0 Å². The van der Waals surface area contributed by atoms with Gasteiger partial charge in [-0.3, -0.25) is 0 Å². The van der Waals surface area contributed by atoms with Crippen LogP contribution in [0.2, 0.25) is 0 Å². The first-order valence-corrected chi connectivity index (χ1v) is 22.3. The van der Waals surface area contributed by atoms with E-state index in [4.69, 9.17) is 42.6 Å². The minimum Gasteiger partial charge on any atom is -0.387 e. The van der Waals surface area contributed by atoms with Crippen molar-refractivity contribution < 1.29 is 52.8 Å². The van der Waals surface area contributed by atoms with Crippen LogP contribution in [-0.2, 0) is 82.3 Å². The van der Waals surface area contributed by atoms with Crippen LogP contribution in [0, 0.1) is 0 Å². The molecule has 0 bridgehead atoms. The van der Waals surface area contributed by atoms with Gasteiger partial charge in [0.1, 0.15) is 48.8 Å². The highest BCUT2D eigenvalue weighted by molar-refractivity contribution is 5.18. The average molecular weight is 883 g/mol. The second kappa shape index (κ2) is 24.4. The molecule has 0 aliphatic carbocycles. The van der Waals surface area contributed by atoms with E-state index in [2.05, 4.69) is 0 Å². The molecule has 0 saturated carbocycles. The van der Waals surface area contributed by atoms with E-state index in [9.17, 15) is 10.2 Å². The first-order valence-electron chi connectivity index (χ1n) is 22.3. The summed E-state index contributed by atoms with van der Waals surface area (Å²) in [7, 11) is 0.